The van der Waals surface area contributed by atoms with E-state index in [2.05, 4.69) is 60.2 Å². The Morgan fingerprint density at radius 2 is 0.832 bits per heavy atom. The van der Waals surface area contributed by atoms with Crippen LogP contribution < -0.4 is 61.6 Å². The average Bonchev–Trinajstić information content (AvgIpc) is 1.20. The van der Waals surface area contributed by atoms with Crippen LogP contribution in [0.15, 0.2) is 193 Å². The molecule has 0 heterocycles. The van der Waals surface area contributed by atoms with Crippen molar-refractivity contribution in [2.24, 2.45) is 0 Å². The van der Waals surface area contributed by atoms with Crippen LogP contribution in [0.1, 0.15) is 178 Å². The maximum atomic E-state index is 11.6. The van der Waals surface area contributed by atoms with Crippen LogP contribution in [0.2, 0.25) is 0 Å². The second kappa shape index (κ2) is 67.2. The molecule has 1 aliphatic rings. The highest BCUT2D eigenvalue weighted by atomic mass is 32.2. The second-order valence-electron chi connectivity index (χ2n) is 34.7. The summed E-state index contributed by atoms with van der Waals surface area (Å²) in [6.45, 7) is 42.9. The Hall–Kier alpha value is -12.4. The van der Waals surface area contributed by atoms with Crippen molar-refractivity contribution < 1.29 is 116 Å². The number of methoxy groups -OCH3 is 6. The summed E-state index contributed by atoms with van der Waals surface area (Å²) in [4.78, 5) is 0.226. The van der Waals surface area contributed by atoms with Gasteiger partial charge in [-0.3, -0.25) is 4.74 Å². The number of ether oxygens (including phenoxy) is 17. The lowest BCUT2D eigenvalue weighted by atomic mass is 9.96. The molecule has 0 saturated heterocycles. The summed E-state index contributed by atoms with van der Waals surface area (Å²) in [5.41, 5.74) is 14.0. The van der Waals surface area contributed by atoms with E-state index >= 15 is 0 Å². The van der Waals surface area contributed by atoms with E-state index in [0.717, 1.165) is 90.3 Å². The highest BCUT2D eigenvalue weighted by molar-refractivity contribution is 7.91. The molecule has 1 N–H and O–H groups in total. The van der Waals surface area contributed by atoms with Gasteiger partial charge < -0.3 is 80.9 Å². The van der Waals surface area contributed by atoms with Gasteiger partial charge in [0.2, 0.25) is 0 Å². The average molecular weight is 2030 g/mol. The molecule has 0 radical (unpaired) electrons. The summed E-state index contributed by atoms with van der Waals surface area (Å²) in [7, 11) is 3.54. The normalized spacial score (nSPS) is 11.3. The van der Waals surface area contributed by atoms with Crippen LogP contribution in [0.5, 0.6) is 74.7 Å². The molecule has 10 aromatic carbocycles. The molecule has 10 aromatic rings. The second-order valence-corrected chi connectivity index (χ2v) is 39.0. The standard InChI is InChI=1S/C12H15NO.2C12H18O2.C12H16O.C11H10F3NO2.C11H13NO2.2C11H16O4S.C11H16O2.C10H14O2/c1-9-5-6-11(10(7-9)8-13)14-12(2,3)4;1-9-6-7-10(11(8-9)13-4)12(2,3)14-5;1-5-13-11-8-7-9(3)12(10(11)4)14-6-2;1-10-6-8-12(9-7-10)13-11-4-2-3-5-11;1-8-2-3-10(9(6-8)7-15)16-4-5-17-11(12,13)14;1-9-3-4-11(10(7-9)8-12)14-6-5-13-2;1-9-4-5-10(11(8-9)14-2)15-6-7-16(3,12)13;1-9-4-5-10(15-7-6-14-2)11(8-9)16(3,12)13;1-8(2)13-11-7-10(12-4)6-5-9(11)3;1-9-3-5-10(6-4-9)12-8-2-7-11/h5-7H,1-4H3;6-8H,1-5H3;7-8H,5-6H2,1-4H3;6-9,11H,2-5H2,1H3;2-3,6H,4-5H2,1H3;3-4,7H,5-6H2,1-2H3;2*4-5,8H,6-7H2,1-3H3;5-8H,1-4H3;3-6,11H,2,7-8H2,1H3. The van der Waals surface area contributed by atoms with Crippen molar-refractivity contribution in [3.8, 4) is 93.0 Å². The number of aryl methyl sites for hydroxylation is 10. The Bertz CT molecular complexity index is 5750. The largest absolute Gasteiger partial charge is 0.522 e. The van der Waals surface area contributed by atoms with Gasteiger partial charge in [-0.2, -0.15) is 15.8 Å². The SMILES string of the molecule is CCOc1ccc(C)c(OCC)c1C.COCCOc1ccc(C)cc1C#N.COCCOc1ccc(C)cc1S(C)(=O)=O.COc1cc(C)ccc1C(C)(C)OC.COc1cc(C)ccc1OCCS(C)(=O)=O.COc1ccc(C)c(OC(C)C)c1.Cc1ccc(OC(C)(C)C)c(C#N)c1.Cc1ccc(OC2CCCC2)cc1.Cc1ccc(OCCCO)cc1.Cc1ccc(OCCOC(F)(F)F)c(C#N)c1. The number of halogens is 3. The summed E-state index contributed by atoms with van der Waals surface area (Å²) in [6.07, 6.45) is 4.18. The van der Waals surface area contributed by atoms with Crippen LogP contribution in [0, 0.1) is 110 Å². The molecule has 0 spiro atoms. The van der Waals surface area contributed by atoms with Crippen molar-refractivity contribution in [3.05, 3.63) is 272 Å². The van der Waals surface area contributed by atoms with Crippen molar-refractivity contribution in [1.82, 2.24) is 0 Å². The molecule has 0 unspecified atom stereocenters. The van der Waals surface area contributed by atoms with Gasteiger partial charge in [-0.15, -0.1) is 13.2 Å². The van der Waals surface area contributed by atoms with Crippen molar-refractivity contribution >= 4 is 19.7 Å². The summed E-state index contributed by atoms with van der Waals surface area (Å²) >= 11 is 0. The molecule has 143 heavy (non-hydrogen) atoms. The van der Waals surface area contributed by atoms with Crippen LogP contribution in [-0.4, -0.2) is 180 Å². The zero-order valence-electron chi connectivity index (χ0n) is 88.9. The fourth-order valence-corrected chi connectivity index (χ4v) is 13.8. The Morgan fingerprint density at radius 3 is 1.28 bits per heavy atom. The Morgan fingerprint density at radius 1 is 0.413 bits per heavy atom. The van der Waals surface area contributed by atoms with Gasteiger partial charge >= 0.3 is 6.36 Å². The minimum absolute atomic E-state index is 0.00400. The fraction of sp³-hybridized carbons (Fsp3) is 0.442. The number of aliphatic hydroxyl groups excluding tert-OH is 1. The van der Waals surface area contributed by atoms with Crippen molar-refractivity contribution in [2.75, 3.05) is 134 Å². The molecule has 0 aromatic heterocycles. The van der Waals surface area contributed by atoms with Crippen LogP contribution in [-0.2, 0) is 44.2 Å². The summed E-state index contributed by atoms with van der Waals surface area (Å²) < 4.78 is 169. The number of rotatable bonds is 35. The van der Waals surface area contributed by atoms with Crippen LogP contribution in [0.25, 0.3) is 0 Å². The molecule has 0 amide bonds. The molecule has 0 atom stereocenters. The Balaban J connectivity index is 0.000000538. The predicted octanol–water partition coefficient (Wildman–Crippen LogP) is 24.4. The minimum atomic E-state index is -4.66. The first-order valence-electron chi connectivity index (χ1n) is 47.0. The van der Waals surface area contributed by atoms with Gasteiger partial charge in [0, 0.05) is 64.1 Å². The highest BCUT2D eigenvalue weighted by Gasteiger charge is 2.29. The van der Waals surface area contributed by atoms with Crippen molar-refractivity contribution in [3.63, 3.8) is 0 Å². The number of nitrogens with zero attached hydrogens (tertiary/aromatic N) is 3. The van der Waals surface area contributed by atoms with Gasteiger partial charge in [-0.25, -0.2) is 16.8 Å². The number of hydrogen-bond donors (Lipinski definition) is 1. The number of benzene rings is 10. The van der Waals surface area contributed by atoms with Gasteiger partial charge in [-0.05, 0) is 312 Å². The first-order valence-corrected chi connectivity index (χ1v) is 50.9. The van der Waals surface area contributed by atoms with E-state index in [9.17, 15) is 30.0 Å². The maximum absolute atomic E-state index is 11.6. The highest BCUT2D eigenvalue weighted by Crippen LogP contribution is 2.36. The van der Waals surface area contributed by atoms with E-state index in [0.29, 0.717) is 98.6 Å². The van der Waals surface area contributed by atoms with E-state index in [4.69, 9.17) is 96.7 Å². The van der Waals surface area contributed by atoms with Crippen LogP contribution in [0.4, 0.5) is 13.2 Å². The lowest BCUT2D eigenvalue weighted by molar-refractivity contribution is -0.325. The zero-order valence-corrected chi connectivity index (χ0v) is 90.5. The molecule has 784 valence electrons. The molecule has 11 rings (SSSR count). The molecule has 0 bridgehead atoms. The van der Waals surface area contributed by atoms with E-state index in [1.165, 1.54) is 54.9 Å². The van der Waals surface area contributed by atoms with Gasteiger partial charge in [-0.1, -0.05) is 90.0 Å². The quantitative estimate of drug-likeness (QED) is 0.0361. The third-order valence-corrected chi connectivity index (χ3v) is 22.1. The molecular weight excluding hydrogens is 1870 g/mol. The summed E-state index contributed by atoms with van der Waals surface area (Å²) in [6, 6.07) is 65.0. The van der Waals surface area contributed by atoms with E-state index in [-0.39, 0.29) is 59.1 Å². The first-order chi connectivity index (χ1) is 67.5. The number of sulfone groups is 2. The zero-order chi connectivity index (χ0) is 107. The monoisotopic (exact) mass is 2020 g/mol. The Kier molecular flexibility index (Phi) is 59.5. The molecule has 0 aliphatic heterocycles. The van der Waals surface area contributed by atoms with E-state index in [1.54, 1.807) is 86.0 Å². The number of alkyl halides is 3. The lowest BCUT2D eigenvalue weighted by Gasteiger charge is -2.25. The van der Waals surface area contributed by atoms with Gasteiger partial charge in [0.05, 0.1) is 101 Å². The molecular formula is C113H152F3N3O22S2. The van der Waals surface area contributed by atoms with E-state index < -0.39 is 32.6 Å². The third-order valence-electron chi connectivity index (χ3n) is 20.0. The Labute approximate surface area is 849 Å². The fourth-order valence-electron chi connectivity index (χ4n) is 12.6. The van der Waals surface area contributed by atoms with Crippen LogP contribution >= 0.6 is 0 Å². The smallest absolute Gasteiger partial charge is 0.497 e. The van der Waals surface area contributed by atoms with Crippen molar-refractivity contribution in [1.29, 1.82) is 15.8 Å². The maximum Gasteiger partial charge on any atom is 0.522 e. The molecule has 1 fully saturated rings. The minimum Gasteiger partial charge on any atom is -0.497 e. The lowest BCUT2D eigenvalue weighted by Crippen LogP contribution is -2.23. The number of nitriles is 3. The molecule has 30 heteroatoms. The molecule has 1 aliphatic carbocycles. The number of aliphatic hydroxyl groups is 1. The number of hydrogen-bond acceptors (Lipinski definition) is 25. The van der Waals surface area contributed by atoms with Crippen molar-refractivity contribution in [2.45, 2.75) is 205 Å². The van der Waals surface area contributed by atoms with Crippen LogP contribution in [0.3, 0.4) is 0 Å². The first kappa shape index (κ1) is 127. The predicted molar refractivity (Wildman–Crippen MR) is 559 cm³/mol. The van der Waals surface area contributed by atoms with Gasteiger partial charge in [0.1, 0.15) is 118 Å². The van der Waals surface area contributed by atoms with Gasteiger partial charge in [0.25, 0.3) is 0 Å². The summed E-state index contributed by atoms with van der Waals surface area (Å²) in [5.74, 6) is 9.49. The third kappa shape index (κ3) is 53.5. The molecule has 1 saturated carbocycles. The van der Waals surface area contributed by atoms with Gasteiger partial charge in [0.15, 0.2) is 31.2 Å². The topological polar surface area (TPSA) is 317 Å². The molecule has 25 nitrogen and oxygen atoms in total. The van der Waals surface area contributed by atoms with E-state index in [1.807, 2.05) is 246 Å². The summed E-state index contributed by atoms with van der Waals surface area (Å²) in [5, 5.41) is 35.0.